The molecule has 0 radical (unpaired) electrons. The molecule has 1 aliphatic carbocycles. The van der Waals surface area contributed by atoms with Crippen molar-refractivity contribution in [1.29, 1.82) is 0 Å². The largest absolute Gasteiger partial charge is 0.388 e. The van der Waals surface area contributed by atoms with Crippen LogP contribution in [0.3, 0.4) is 0 Å². The fraction of sp³-hybridized carbons (Fsp3) is 0.0175. The average Bonchev–Trinajstić information content (AvgIpc) is 3.84. The molecule has 0 aliphatic heterocycles. The first-order valence-electron chi connectivity index (χ1n) is 20.7. The van der Waals surface area contributed by atoms with Gasteiger partial charge in [-0.05, 0) is 87.2 Å². The van der Waals surface area contributed by atoms with E-state index in [1.165, 1.54) is 70.8 Å². The standard InChI is InChI=1S/C57H38N4/c1-58-50-19-8-5-15-48(50)54-43-28-29-47-45-18-11-17-44-42-14-7-10-21-53(42)61(56(44)45)57(47)46(43)30-31-52(54)60-51-20-9-6-16-49(51)55(59-2)41-27-26-39-33-38(24-25-40(39)34-41)37-23-22-35-12-3-4-13-36(35)32-37/h3-34,58H,2H2,1H3/b55-49-,60-51?. The van der Waals surface area contributed by atoms with Crippen molar-refractivity contribution in [1.82, 2.24) is 4.40 Å². The molecule has 4 nitrogen and oxygen atoms in total. The Balaban J connectivity index is 1.03. The monoisotopic (exact) mass is 778 g/mol. The summed E-state index contributed by atoms with van der Waals surface area (Å²) in [5, 5.41) is 15.7. The highest BCUT2D eigenvalue weighted by Crippen LogP contribution is 2.47. The van der Waals surface area contributed by atoms with Gasteiger partial charge >= 0.3 is 0 Å². The summed E-state index contributed by atoms with van der Waals surface area (Å²) in [6, 6.07) is 61.4. The zero-order valence-electron chi connectivity index (χ0n) is 33.5. The van der Waals surface area contributed by atoms with Gasteiger partial charge in [-0.3, -0.25) is 4.99 Å². The van der Waals surface area contributed by atoms with Crippen LogP contribution in [0.25, 0.3) is 98.4 Å². The molecule has 61 heavy (non-hydrogen) atoms. The normalized spacial score (nSPS) is 14.5. The molecule has 0 spiro atoms. The van der Waals surface area contributed by atoms with Crippen LogP contribution in [0.4, 0.5) is 11.4 Å². The highest BCUT2D eigenvalue weighted by molar-refractivity contribution is 6.28. The molecule has 286 valence electrons. The highest BCUT2D eigenvalue weighted by Gasteiger charge is 2.22. The Morgan fingerprint density at radius 2 is 1.13 bits per heavy atom. The van der Waals surface area contributed by atoms with Crippen molar-refractivity contribution < 1.29 is 0 Å². The second kappa shape index (κ2) is 13.8. The maximum Gasteiger partial charge on any atom is 0.0788 e. The lowest BCUT2D eigenvalue weighted by molar-refractivity contribution is 1.38. The molecule has 0 amide bonds. The van der Waals surface area contributed by atoms with E-state index in [1.807, 2.05) is 13.1 Å². The first kappa shape index (κ1) is 34.9. The van der Waals surface area contributed by atoms with Crippen molar-refractivity contribution in [2.75, 3.05) is 12.4 Å². The molecule has 2 heterocycles. The quantitative estimate of drug-likeness (QED) is 0.168. The molecular formula is C57H38N4. The maximum atomic E-state index is 5.53. The van der Waals surface area contributed by atoms with E-state index in [1.54, 1.807) is 0 Å². The topological polar surface area (TPSA) is 41.2 Å². The Labute approximate surface area is 352 Å². The lowest BCUT2D eigenvalue weighted by Gasteiger charge is -2.17. The van der Waals surface area contributed by atoms with Gasteiger partial charge in [-0.25, -0.2) is 4.99 Å². The van der Waals surface area contributed by atoms with E-state index in [0.29, 0.717) is 0 Å². The summed E-state index contributed by atoms with van der Waals surface area (Å²) in [5.74, 6) is 0. The lowest BCUT2D eigenvalue weighted by atomic mass is 9.93. The van der Waals surface area contributed by atoms with E-state index in [9.17, 15) is 0 Å². The zero-order valence-corrected chi connectivity index (χ0v) is 33.5. The summed E-state index contributed by atoms with van der Waals surface area (Å²) in [5.41, 5.74) is 13.7. The number of rotatable bonds is 6. The van der Waals surface area contributed by atoms with Gasteiger partial charge in [0.15, 0.2) is 0 Å². The second-order valence-electron chi connectivity index (χ2n) is 15.8. The van der Waals surface area contributed by atoms with Crippen molar-refractivity contribution in [2.45, 2.75) is 0 Å². The molecule has 9 aromatic carbocycles. The van der Waals surface area contributed by atoms with Gasteiger partial charge < -0.3 is 9.72 Å². The number of hydrogen-bond acceptors (Lipinski definition) is 3. The van der Waals surface area contributed by atoms with E-state index >= 15 is 0 Å². The van der Waals surface area contributed by atoms with Gasteiger partial charge in [-0.2, -0.15) is 0 Å². The zero-order chi connectivity index (χ0) is 40.6. The molecule has 0 unspecified atom stereocenters. The molecular weight excluding hydrogens is 741 g/mol. The molecule has 0 fully saturated rings. The summed E-state index contributed by atoms with van der Waals surface area (Å²) in [6.45, 7) is 4.09. The number of nitrogens with one attached hydrogen (secondary N) is 1. The van der Waals surface area contributed by atoms with Crippen LogP contribution in [0.15, 0.2) is 210 Å². The number of aliphatic imine (C=N–C) groups is 2. The Hall–Kier alpha value is -8.08. The van der Waals surface area contributed by atoms with E-state index in [-0.39, 0.29) is 0 Å². The van der Waals surface area contributed by atoms with Crippen LogP contribution in [0, 0.1) is 0 Å². The molecule has 2 aromatic heterocycles. The molecule has 0 atom stereocenters. The van der Waals surface area contributed by atoms with E-state index in [2.05, 4.69) is 210 Å². The third-order valence-corrected chi connectivity index (χ3v) is 12.6. The fourth-order valence-electron chi connectivity index (χ4n) is 9.77. The number of para-hydroxylation sites is 3. The smallest absolute Gasteiger partial charge is 0.0788 e. The molecule has 0 bridgehead atoms. The van der Waals surface area contributed by atoms with Crippen molar-refractivity contribution in [3.8, 4) is 22.3 Å². The molecule has 0 saturated carbocycles. The van der Waals surface area contributed by atoms with Crippen LogP contribution in [-0.2, 0) is 0 Å². The lowest BCUT2D eigenvalue weighted by Crippen LogP contribution is -2.03. The summed E-state index contributed by atoms with van der Waals surface area (Å²) in [6.07, 6.45) is 8.28. The number of hydrogen-bond donors (Lipinski definition) is 1. The van der Waals surface area contributed by atoms with Gasteiger partial charge in [0.05, 0.1) is 33.6 Å². The number of aromatic nitrogens is 1. The van der Waals surface area contributed by atoms with Crippen molar-refractivity contribution in [3.63, 3.8) is 0 Å². The predicted molar refractivity (Wildman–Crippen MR) is 262 cm³/mol. The maximum absolute atomic E-state index is 5.53. The number of benzene rings is 9. The number of fused-ring (bicyclic) bond motifs is 10. The van der Waals surface area contributed by atoms with Gasteiger partial charge in [-0.1, -0.05) is 152 Å². The minimum atomic E-state index is 0.789. The summed E-state index contributed by atoms with van der Waals surface area (Å²) in [7, 11) is 1.98. The Kier molecular flexibility index (Phi) is 7.87. The highest BCUT2D eigenvalue weighted by atomic mass is 14.9. The SMILES string of the molecule is C=N/C(=C1/C=CC=CC1=Nc1ccc2c(ccc3c4cccc5c6ccccc6n(c23)c54)c1-c1ccccc1NC)c1ccc2cc(-c3ccc4ccccc4c3)ccc2c1. The molecule has 1 aliphatic rings. The van der Waals surface area contributed by atoms with Crippen LogP contribution in [0.5, 0.6) is 0 Å². The number of nitrogens with zero attached hydrogens (tertiary/aromatic N) is 3. The van der Waals surface area contributed by atoms with Crippen LogP contribution >= 0.6 is 0 Å². The molecule has 1 N–H and O–H groups in total. The average molecular weight is 779 g/mol. The van der Waals surface area contributed by atoms with Gasteiger partial charge in [0.25, 0.3) is 0 Å². The Morgan fingerprint density at radius 1 is 0.525 bits per heavy atom. The Bertz CT molecular complexity index is 3760. The fourth-order valence-corrected chi connectivity index (χ4v) is 9.77. The predicted octanol–water partition coefficient (Wildman–Crippen LogP) is 15.0. The van der Waals surface area contributed by atoms with Gasteiger partial charge in [-0.15, -0.1) is 0 Å². The molecule has 12 rings (SSSR count). The summed E-state index contributed by atoms with van der Waals surface area (Å²) >= 11 is 0. The third-order valence-electron chi connectivity index (χ3n) is 12.6. The third kappa shape index (κ3) is 5.39. The minimum absolute atomic E-state index is 0.789. The van der Waals surface area contributed by atoms with Crippen molar-refractivity contribution in [2.24, 2.45) is 9.98 Å². The number of anilines is 1. The first-order valence-corrected chi connectivity index (χ1v) is 20.7. The van der Waals surface area contributed by atoms with Crippen LogP contribution < -0.4 is 5.32 Å². The van der Waals surface area contributed by atoms with Crippen LogP contribution in [0.1, 0.15) is 5.56 Å². The van der Waals surface area contributed by atoms with Gasteiger partial charge in [0.1, 0.15) is 0 Å². The van der Waals surface area contributed by atoms with Gasteiger partial charge in [0.2, 0.25) is 0 Å². The van der Waals surface area contributed by atoms with Crippen molar-refractivity contribution in [3.05, 3.63) is 205 Å². The van der Waals surface area contributed by atoms with Gasteiger partial charge in [0, 0.05) is 61.9 Å². The van der Waals surface area contributed by atoms with E-state index in [0.717, 1.165) is 55.8 Å². The second-order valence-corrected chi connectivity index (χ2v) is 15.8. The van der Waals surface area contributed by atoms with E-state index in [4.69, 9.17) is 4.99 Å². The summed E-state index contributed by atoms with van der Waals surface area (Å²) in [4.78, 5) is 10.2. The molecule has 11 aromatic rings. The number of allylic oxidation sites excluding steroid dienone is 5. The summed E-state index contributed by atoms with van der Waals surface area (Å²) < 4.78 is 2.47. The van der Waals surface area contributed by atoms with Crippen LogP contribution in [0.2, 0.25) is 0 Å². The Morgan fingerprint density at radius 3 is 1.97 bits per heavy atom. The first-order chi connectivity index (χ1) is 30.2. The van der Waals surface area contributed by atoms with Crippen LogP contribution in [-0.4, -0.2) is 23.9 Å². The minimum Gasteiger partial charge on any atom is -0.388 e. The van der Waals surface area contributed by atoms with E-state index < -0.39 is 0 Å². The molecule has 0 saturated heterocycles. The molecule has 4 heteroatoms. The van der Waals surface area contributed by atoms with Crippen molar-refractivity contribution >= 4 is 99.9 Å².